The molecule has 0 atom stereocenters. The summed E-state index contributed by atoms with van der Waals surface area (Å²) in [5.74, 6) is 0.873. The Hall–Kier alpha value is -2.01. The minimum absolute atomic E-state index is 0.425. The maximum Gasteiger partial charge on any atom is 0.165 e. The molecule has 3 heterocycles. The van der Waals surface area contributed by atoms with Crippen molar-refractivity contribution in [2.24, 2.45) is 0 Å². The standard InChI is InChI=1S/C12H10ClN5/c13-10-6-12-17-16-11(18(12)8-15-10)4-3-9-2-1-5-14-7-9/h1-2,5-8H,3-4H2. The van der Waals surface area contributed by atoms with E-state index in [1.807, 2.05) is 22.7 Å². The predicted molar refractivity (Wildman–Crippen MR) is 67.4 cm³/mol. The van der Waals surface area contributed by atoms with Gasteiger partial charge < -0.3 is 0 Å². The zero-order chi connectivity index (χ0) is 12.4. The summed E-state index contributed by atoms with van der Waals surface area (Å²) in [6, 6.07) is 5.67. The van der Waals surface area contributed by atoms with Gasteiger partial charge in [0.05, 0.1) is 0 Å². The Bertz CT molecular complexity index is 665. The van der Waals surface area contributed by atoms with Gasteiger partial charge in [-0.2, -0.15) is 0 Å². The maximum atomic E-state index is 5.80. The summed E-state index contributed by atoms with van der Waals surface area (Å²) in [7, 11) is 0. The minimum atomic E-state index is 0.425. The van der Waals surface area contributed by atoms with Crippen molar-refractivity contribution in [3.63, 3.8) is 0 Å². The van der Waals surface area contributed by atoms with Gasteiger partial charge in [-0.15, -0.1) is 10.2 Å². The van der Waals surface area contributed by atoms with Gasteiger partial charge >= 0.3 is 0 Å². The molecule has 0 N–H and O–H groups in total. The fourth-order valence-corrected chi connectivity index (χ4v) is 1.93. The molecule has 6 heteroatoms. The largest absolute Gasteiger partial charge is 0.269 e. The number of aryl methyl sites for hydroxylation is 2. The molecule has 0 amide bonds. The van der Waals surface area contributed by atoms with Gasteiger partial charge in [-0.05, 0) is 18.1 Å². The lowest BCUT2D eigenvalue weighted by molar-refractivity contribution is 0.829. The number of rotatable bonds is 3. The van der Waals surface area contributed by atoms with Crippen molar-refractivity contribution >= 4 is 17.2 Å². The van der Waals surface area contributed by atoms with Gasteiger partial charge in [0, 0.05) is 24.9 Å². The second-order valence-electron chi connectivity index (χ2n) is 3.92. The van der Waals surface area contributed by atoms with Crippen molar-refractivity contribution in [3.05, 3.63) is 53.5 Å². The Morgan fingerprint density at radius 1 is 1.22 bits per heavy atom. The van der Waals surface area contributed by atoms with Crippen LogP contribution < -0.4 is 0 Å². The van der Waals surface area contributed by atoms with Crippen molar-refractivity contribution < 1.29 is 0 Å². The first-order chi connectivity index (χ1) is 8.83. The molecule has 0 aliphatic heterocycles. The monoisotopic (exact) mass is 259 g/mol. The summed E-state index contributed by atoms with van der Waals surface area (Å²) in [4.78, 5) is 8.12. The van der Waals surface area contributed by atoms with Gasteiger partial charge in [0.25, 0.3) is 0 Å². The molecule has 0 spiro atoms. The van der Waals surface area contributed by atoms with Gasteiger partial charge in [-0.25, -0.2) is 4.98 Å². The molecule has 0 aliphatic carbocycles. The lowest BCUT2D eigenvalue weighted by Gasteiger charge is -2.00. The van der Waals surface area contributed by atoms with E-state index in [1.165, 1.54) is 5.56 Å². The van der Waals surface area contributed by atoms with Gasteiger partial charge in [-0.3, -0.25) is 9.38 Å². The number of nitrogens with zero attached hydrogens (tertiary/aromatic N) is 5. The number of aromatic nitrogens is 5. The summed E-state index contributed by atoms with van der Waals surface area (Å²) in [6.45, 7) is 0. The van der Waals surface area contributed by atoms with Crippen molar-refractivity contribution in [3.8, 4) is 0 Å². The van der Waals surface area contributed by atoms with E-state index in [4.69, 9.17) is 11.6 Å². The van der Waals surface area contributed by atoms with Crippen LogP contribution in [0.3, 0.4) is 0 Å². The van der Waals surface area contributed by atoms with Crippen molar-refractivity contribution in [1.29, 1.82) is 0 Å². The molecule has 0 saturated heterocycles. The van der Waals surface area contributed by atoms with Crippen molar-refractivity contribution in [2.75, 3.05) is 0 Å². The smallest absolute Gasteiger partial charge is 0.165 e. The van der Waals surface area contributed by atoms with Crippen LogP contribution in [-0.4, -0.2) is 24.6 Å². The normalized spacial score (nSPS) is 10.9. The Labute approximate surface area is 108 Å². The highest BCUT2D eigenvalue weighted by molar-refractivity contribution is 6.29. The van der Waals surface area contributed by atoms with Crippen molar-refractivity contribution in [1.82, 2.24) is 24.6 Å². The lowest BCUT2D eigenvalue weighted by Crippen LogP contribution is -1.99. The number of fused-ring (bicyclic) bond motifs is 1. The van der Waals surface area contributed by atoms with Crippen LogP contribution in [0.4, 0.5) is 0 Å². The Morgan fingerprint density at radius 2 is 2.17 bits per heavy atom. The Morgan fingerprint density at radius 3 is 3.00 bits per heavy atom. The molecule has 0 fully saturated rings. The molecule has 0 aromatic carbocycles. The average molecular weight is 260 g/mol. The second kappa shape index (κ2) is 4.70. The molecule has 18 heavy (non-hydrogen) atoms. The van der Waals surface area contributed by atoms with Gasteiger partial charge in [0.2, 0.25) is 0 Å². The zero-order valence-corrected chi connectivity index (χ0v) is 10.2. The van der Waals surface area contributed by atoms with E-state index in [2.05, 4.69) is 20.2 Å². The molecule has 5 nitrogen and oxygen atoms in total. The Kier molecular flexibility index (Phi) is 2.90. The third-order valence-corrected chi connectivity index (χ3v) is 2.90. The zero-order valence-electron chi connectivity index (χ0n) is 9.49. The summed E-state index contributed by atoms with van der Waals surface area (Å²) in [5, 5.41) is 8.63. The molecule has 3 rings (SSSR count). The molecule has 0 radical (unpaired) electrons. The first kappa shape index (κ1) is 11.1. The van der Waals surface area contributed by atoms with Crippen molar-refractivity contribution in [2.45, 2.75) is 12.8 Å². The molecule has 0 bridgehead atoms. The summed E-state index contributed by atoms with van der Waals surface area (Å²) < 4.78 is 1.85. The summed E-state index contributed by atoms with van der Waals surface area (Å²) in [5.41, 5.74) is 1.90. The second-order valence-corrected chi connectivity index (χ2v) is 4.30. The molecule has 0 aliphatic rings. The predicted octanol–water partition coefficient (Wildman–Crippen LogP) is 1.96. The number of pyridine rings is 1. The van der Waals surface area contributed by atoms with Crippen LogP contribution in [0.25, 0.3) is 5.65 Å². The van der Waals surface area contributed by atoms with Crippen LogP contribution >= 0.6 is 11.6 Å². The topological polar surface area (TPSA) is 56.0 Å². The highest BCUT2D eigenvalue weighted by Gasteiger charge is 2.06. The number of hydrogen-bond acceptors (Lipinski definition) is 4. The van der Waals surface area contributed by atoms with Gasteiger partial charge in [0.15, 0.2) is 5.65 Å². The van der Waals surface area contributed by atoms with E-state index in [0.717, 1.165) is 24.3 Å². The van der Waals surface area contributed by atoms with Gasteiger partial charge in [0.1, 0.15) is 17.3 Å². The molecule has 0 unspecified atom stereocenters. The SMILES string of the molecule is Clc1cc2nnc(CCc3cccnc3)n2cn1. The molecule has 0 saturated carbocycles. The maximum absolute atomic E-state index is 5.80. The first-order valence-corrected chi connectivity index (χ1v) is 5.95. The fourth-order valence-electron chi connectivity index (χ4n) is 1.79. The third-order valence-electron chi connectivity index (χ3n) is 2.70. The van der Waals surface area contributed by atoms with Crippen LogP contribution in [0.15, 0.2) is 36.9 Å². The summed E-state index contributed by atoms with van der Waals surface area (Å²) >= 11 is 5.80. The molecule has 3 aromatic rings. The van der Waals surface area contributed by atoms with E-state index in [-0.39, 0.29) is 0 Å². The van der Waals surface area contributed by atoms with E-state index in [0.29, 0.717) is 5.15 Å². The average Bonchev–Trinajstić information content (AvgIpc) is 2.80. The van der Waals surface area contributed by atoms with Gasteiger partial charge in [-0.1, -0.05) is 17.7 Å². The minimum Gasteiger partial charge on any atom is -0.269 e. The molecule has 3 aromatic heterocycles. The molecular weight excluding hydrogens is 250 g/mol. The highest BCUT2D eigenvalue weighted by Crippen LogP contribution is 2.10. The van der Waals surface area contributed by atoms with Crippen LogP contribution in [0.2, 0.25) is 5.15 Å². The van der Waals surface area contributed by atoms with E-state index >= 15 is 0 Å². The molecular formula is C12H10ClN5. The van der Waals surface area contributed by atoms with E-state index in [1.54, 1.807) is 18.6 Å². The van der Waals surface area contributed by atoms with Crippen LogP contribution in [-0.2, 0) is 12.8 Å². The Balaban J connectivity index is 1.83. The van der Waals surface area contributed by atoms with Crippen LogP contribution in [0, 0.1) is 0 Å². The highest BCUT2D eigenvalue weighted by atomic mass is 35.5. The van der Waals surface area contributed by atoms with E-state index in [9.17, 15) is 0 Å². The molecule has 90 valence electrons. The quantitative estimate of drug-likeness (QED) is 0.675. The van der Waals surface area contributed by atoms with Crippen LogP contribution in [0.1, 0.15) is 11.4 Å². The lowest BCUT2D eigenvalue weighted by atomic mass is 10.1. The number of hydrogen-bond donors (Lipinski definition) is 0. The van der Waals surface area contributed by atoms with E-state index < -0.39 is 0 Å². The number of halogens is 1. The third kappa shape index (κ3) is 2.17. The fraction of sp³-hybridized carbons (Fsp3) is 0.167. The van der Waals surface area contributed by atoms with Crippen LogP contribution in [0.5, 0.6) is 0 Å². The first-order valence-electron chi connectivity index (χ1n) is 5.57. The summed E-state index contributed by atoms with van der Waals surface area (Å²) in [6.07, 6.45) is 6.93.